The van der Waals surface area contributed by atoms with Crippen LogP contribution in [0, 0.1) is 0 Å². The molecule has 0 saturated carbocycles. The first-order chi connectivity index (χ1) is 13.0. The van der Waals surface area contributed by atoms with E-state index in [2.05, 4.69) is 8.92 Å². The van der Waals surface area contributed by atoms with E-state index in [1.54, 1.807) is 0 Å². The molecule has 148 valence electrons. The number of carboxylic acids is 1. The Hall–Kier alpha value is -3.28. The first-order valence-corrected chi connectivity index (χ1v) is 8.69. The van der Waals surface area contributed by atoms with E-state index in [9.17, 15) is 36.3 Å². The molecule has 8 nitrogen and oxygen atoms in total. The van der Waals surface area contributed by atoms with Crippen molar-refractivity contribution >= 4 is 44.0 Å². The summed E-state index contributed by atoms with van der Waals surface area (Å²) < 4.78 is 75.1. The molecule has 3 rings (SSSR count). The third kappa shape index (κ3) is 3.01. The van der Waals surface area contributed by atoms with Gasteiger partial charge in [0.25, 0.3) is 0 Å². The number of furan rings is 1. The molecule has 12 heteroatoms. The molecule has 0 amide bonds. The number of hydrogen-bond acceptors (Lipinski definition) is 7. The van der Waals surface area contributed by atoms with Gasteiger partial charge in [-0.15, -0.1) is 0 Å². The number of esters is 1. The number of aromatic carboxylic acids is 1. The van der Waals surface area contributed by atoms with E-state index in [0.717, 1.165) is 25.3 Å². The quantitative estimate of drug-likeness (QED) is 0.389. The number of ether oxygens (including phenoxy) is 1. The highest BCUT2D eigenvalue weighted by molar-refractivity contribution is 7.88. The zero-order valence-corrected chi connectivity index (χ0v) is 14.6. The lowest BCUT2D eigenvalue weighted by molar-refractivity contribution is -0.0499. The molecule has 1 aromatic heterocycles. The molecule has 0 fully saturated rings. The van der Waals surface area contributed by atoms with Crippen LogP contribution in [-0.2, 0) is 14.9 Å². The summed E-state index contributed by atoms with van der Waals surface area (Å²) in [6.45, 7) is 0. The number of carbonyl (C=O) groups is 2. The van der Waals surface area contributed by atoms with Gasteiger partial charge in [0, 0.05) is 5.39 Å². The maximum Gasteiger partial charge on any atom is 0.534 e. The number of carbonyl (C=O) groups excluding carboxylic acids is 1. The molecule has 0 spiro atoms. The van der Waals surface area contributed by atoms with Crippen molar-refractivity contribution < 1.29 is 49.6 Å². The van der Waals surface area contributed by atoms with Gasteiger partial charge in [0.1, 0.15) is 16.7 Å². The molecule has 28 heavy (non-hydrogen) atoms. The maximum absolute atomic E-state index is 12.7. The van der Waals surface area contributed by atoms with Gasteiger partial charge in [-0.1, -0.05) is 12.1 Å². The standard InChI is InChI=1S/C16H9F3O8S/c1-25-15(22)9-5-6-10(27-28(23,24)16(17,18)19)11-7-3-2-4-8(14(20)21)12(7)26-13(9)11/h2-6H,1H3,(H,20,21). The van der Waals surface area contributed by atoms with Crippen LogP contribution in [0.25, 0.3) is 21.9 Å². The zero-order chi connectivity index (χ0) is 20.9. The molecule has 0 radical (unpaired) electrons. The van der Waals surface area contributed by atoms with Crippen molar-refractivity contribution in [1.29, 1.82) is 0 Å². The Morgan fingerprint density at radius 2 is 1.75 bits per heavy atom. The van der Waals surface area contributed by atoms with Gasteiger partial charge in [0.2, 0.25) is 0 Å². The summed E-state index contributed by atoms with van der Waals surface area (Å²) in [6, 6.07) is 5.48. The van der Waals surface area contributed by atoms with Gasteiger partial charge < -0.3 is 18.4 Å². The van der Waals surface area contributed by atoms with Crippen LogP contribution in [0.15, 0.2) is 34.7 Å². The third-order valence-electron chi connectivity index (χ3n) is 3.73. The zero-order valence-electron chi connectivity index (χ0n) is 13.7. The Morgan fingerprint density at radius 3 is 2.32 bits per heavy atom. The van der Waals surface area contributed by atoms with Crippen LogP contribution in [0.4, 0.5) is 13.2 Å². The number of rotatable bonds is 4. The lowest BCUT2D eigenvalue weighted by Gasteiger charge is -2.11. The number of methoxy groups -OCH3 is 1. The van der Waals surface area contributed by atoms with Gasteiger partial charge in [-0.25, -0.2) is 9.59 Å². The largest absolute Gasteiger partial charge is 0.534 e. The fourth-order valence-corrected chi connectivity index (χ4v) is 3.02. The van der Waals surface area contributed by atoms with E-state index in [1.807, 2.05) is 0 Å². The average Bonchev–Trinajstić information content (AvgIpc) is 2.99. The van der Waals surface area contributed by atoms with Crippen LogP contribution < -0.4 is 4.18 Å². The molecule has 1 N–H and O–H groups in total. The summed E-state index contributed by atoms with van der Waals surface area (Å²) in [6.07, 6.45) is 0. The Morgan fingerprint density at radius 1 is 1.07 bits per heavy atom. The molecular formula is C16H9F3O8S. The first-order valence-electron chi connectivity index (χ1n) is 7.28. The van der Waals surface area contributed by atoms with Crippen molar-refractivity contribution in [2.24, 2.45) is 0 Å². The summed E-state index contributed by atoms with van der Waals surface area (Å²) in [4.78, 5) is 23.3. The second-order valence-electron chi connectivity index (χ2n) is 5.38. The Kier molecular flexibility index (Phi) is 4.46. The Bertz CT molecular complexity index is 1220. The molecule has 0 atom stereocenters. The van der Waals surface area contributed by atoms with Crippen LogP contribution in [0.5, 0.6) is 5.75 Å². The monoisotopic (exact) mass is 418 g/mol. The number of para-hydroxylation sites is 1. The van der Waals surface area contributed by atoms with Gasteiger partial charge in [-0.05, 0) is 18.2 Å². The van der Waals surface area contributed by atoms with E-state index < -0.39 is 33.3 Å². The molecule has 3 aromatic rings. The van der Waals surface area contributed by atoms with E-state index >= 15 is 0 Å². The molecule has 0 saturated heterocycles. The van der Waals surface area contributed by atoms with Gasteiger partial charge in [-0.3, -0.25) is 0 Å². The molecule has 0 bridgehead atoms. The Labute approximate surface area is 154 Å². The van der Waals surface area contributed by atoms with Crippen LogP contribution in [0.3, 0.4) is 0 Å². The number of carboxylic acid groups (broad SMARTS) is 1. The molecule has 0 aliphatic rings. The smallest absolute Gasteiger partial charge is 0.478 e. The van der Waals surface area contributed by atoms with Crippen molar-refractivity contribution in [2.75, 3.05) is 7.11 Å². The molecule has 0 unspecified atom stereocenters. The number of halogens is 3. The summed E-state index contributed by atoms with van der Waals surface area (Å²) in [7, 11) is -4.99. The predicted molar refractivity (Wildman–Crippen MR) is 87.6 cm³/mol. The topological polar surface area (TPSA) is 120 Å². The summed E-state index contributed by atoms with van der Waals surface area (Å²) in [5, 5.41) is 8.88. The number of alkyl halides is 3. The normalized spacial score (nSPS) is 12.3. The summed E-state index contributed by atoms with van der Waals surface area (Å²) >= 11 is 0. The summed E-state index contributed by atoms with van der Waals surface area (Å²) in [5.74, 6) is -3.14. The van der Waals surface area contributed by atoms with Gasteiger partial charge in [-0.2, -0.15) is 21.6 Å². The number of hydrogen-bond donors (Lipinski definition) is 1. The van der Waals surface area contributed by atoms with Crippen LogP contribution in [-0.4, -0.2) is 38.1 Å². The molecule has 0 aliphatic carbocycles. The average molecular weight is 418 g/mol. The SMILES string of the molecule is COC(=O)c1ccc(OS(=O)(=O)C(F)(F)F)c2c1oc1c(C(=O)O)cccc12. The van der Waals surface area contributed by atoms with Crippen molar-refractivity contribution in [2.45, 2.75) is 5.51 Å². The molecule has 1 heterocycles. The van der Waals surface area contributed by atoms with Crippen molar-refractivity contribution in [3.05, 3.63) is 41.5 Å². The first kappa shape index (κ1) is 19.5. The fourth-order valence-electron chi connectivity index (χ4n) is 2.55. The second-order valence-corrected chi connectivity index (χ2v) is 6.92. The van der Waals surface area contributed by atoms with Gasteiger partial charge in [0.05, 0.1) is 12.5 Å². The molecule has 2 aromatic carbocycles. The maximum atomic E-state index is 12.7. The highest BCUT2D eigenvalue weighted by Crippen LogP contribution is 2.40. The number of fused-ring (bicyclic) bond motifs is 3. The minimum Gasteiger partial charge on any atom is -0.478 e. The van der Waals surface area contributed by atoms with Gasteiger partial charge >= 0.3 is 27.6 Å². The lowest BCUT2D eigenvalue weighted by atomic mass is 10.1. The van der Waals surface area contributed by atoms with E-state index in [4.69, 9.17) is 4.42 Å². The molecular weight excluding hydrogens is 409 g/mol. The number of benzene rings is 2. The van der Waals surface area contributed by atoms with Crippen LogP contribution in [0.1, 0.15) is 20.7 Å². The van der Waals surface area contributed by atoms with Crippen LogP contribution in [0.2, 0.25) is 0 Å². The van der Waals surface area contributed by atoms with Crippen molar-refractivity contribution in [1.82, 2.24) is 0 Å². The fraction of sp³-hybridized carbons (Fsp3) is 0.125. The summed E-state index contributed by atoms with van der Waals surface area (Å²) in [5.41, 5.74) is -6.98. The van der Waals surface area contributed by atoms with Gasteiger partial charge in [0.15, 0.2) is 11.3 Å². The van der Waals surface area contributed by atoms with E-state index in [-0.39, 0.29) is 33.1 Å². The third-order valence-corrected chi connectivity index (χ3v) is 4.69. The van der Waals surface area contributed by atoms with Crippen LogP contribution >= 0.6 is 0 Å². The highest BCUT2D eigenvalue weighted by Gasteiger charge is 2.49. The van der Waals surface area contributed by atoms with E-state index in [1.165, 1.54) is 12.1 Å². The highest BCUT2D eigenvalue weighted by atomic mass is 32.2. The second kappa shape index (κ2) is 6.41. The van der Waals surface area contributed by atoms with E-state index in [0.29, 0.717) is 0 Å². The predicted octanol–water partition coefficient (Wildman–Crippen LogP) is 3.30. The Balaban J connectivity index is 2.41. The lowest BCUT2D eigenvalue weighted by Crippen LogP contribution is -2.28. The van der Waals surface area contributed by atoms with Crippen molar-refractivity contribution in [3.63, 3.8) is 0 Å². The minimum atomic E-state index is -6.03. The van der Waals surface area contributed by atoms with Crippen molar-refractivity contribution in [3.8, 4) is 5.75 Å². The minimum absolute atomic E-state index is 0.0620. The molecule has 0 aliphatic heterocycles.